The smallest absolute Gasteiger partial charge is 0.0334 e. The largest absolute Gasteiger partial charge is 0.315 e. The van der Waals surface area contributed by atoms with Crippen LogP contribution in [0.3, 0.4) is 0 Å². The Morgan fingerprint density at radius 2 is 1.80 bits per heavy atom. The molecule has 0 aliphatic carbocycles. The van der Waals surface area contributed by atoms with Gasteiger partial charge in [-0.2, -0.15) is 0 Å². The maximum absolute atomic E-state index is 3.60. The highest BCUT2D eigenvalue weighted by Gasteiger charge is 2.37. The standard InChI is InChI=1S/C18H30N2/c1-4-18(2,20-13-9-6-10-14-20)17(19-3)15-16-11-7-5-8-12-16/h5,7-8,11-12,17,19H,4,6,9-10,13-15H2,1-3H3. The maximum atomic E-state index is 3.60. The summed E-state index contributed by atoms with van der Waals surface area (Å²) in [5.41, 5.74) is 1.69. The van der Waals surface area contributed by atoms with Gasteiger partial charge < -0.3 is 5.32 Å². The average Bonchev–Trinajstić information content (AvgIpc) is 2.53. The third-order valence-corrected chi connectivity index (χ3v) is 5.18. The van der Waals surface area contributed by atoms with Gasteiger partial charge in [0.05, 0.1) is 0 Å². The number of likely N-dealkylation sites (tertiary alicyclic amines) is 1. The first-order valence-corrected chi connectivity index (χ1v) is 8.17. The summed E-state index contributed by atoms with van der Waals surface area (Å²) in [6, 6.07) is 11.4. The van der Waals surface area contributed by atoms with Gasteiger partial charge in [-0.3, -0.25) is 4.90 Å². The zero-order chi connectivity index (χ0) is 14.4. The van der Waals surface area contributed by atoms with E-state index in [0.29, 0.717) is 6.04 Å². The molecule has 2 unspecified atom stereocenters. The van der Waals surface area contributed by atoms with Crippen LogP contribution in [0.5, 0.6) is 0 Å². The number of nitrogens with zero attached hydrogens (tertiary/aromatic N) is 1. The first-order chi connectivity index (χ1) is 9.70. The zero-order valence-corrected chi connectivity index (χ0v) is 13.4. The predicted octanol–water partition coefficient (Wildman–Crippen LogP) is 3.47. The summed E-state index contributed by atoms with van der Waals surface area (Å²) >= 11 is 0. The number of nitrogens with one attached hydrogen (secondary N) is 1. The molecule has 0 spiro atoms. The van der Waals surface area contributed by atoms with Crippen LogP contribution in [0.2, 0.25) is 0 Å². The number of benzene rings is 1. The van der Waals surface area contributed by atoms with Crippen molar-refractivity contribution in [2.45, 2.75) is 57.5 Å². The maximum Gasteiger partial charge on any atom is 0.0334 e. The van der Waals surface area contributed by atoms with Crippen LogP contribution in [-0.4, -0.2) is 36.6 Å². The molecule has 2 heteroatoms. The first-order valence-electron chi connectivity index (χ1n) is 8.17. The van der Waals surface area contributed by atoms with Crippen molar-refractivity contribution < 1.29 is 0 Å². The van der Waals surface area contributed by atoms with E-state index in [9.17, 15) is 0 Å². The summed E-state index contributed by atoms with van der Waals surface area (Å²) < 4.78 is 0. The normalized spacial score (nSPS) is 21.4. The van der Waals surface area contributed by atoms with Crippen molar-refractivity contribution in [2.24, 2.45) is 0 Å². The molecule has 2 nitrogen and oxygen atoms in total. The Balaban J connectivity index is 2.13. The molecule has 1 saturated heterocycles. The number of hydrogen-bond acceptors (Lipinski definition) is 2. The van der Waals surface area contributed by atoms with Crippen molar-refractivity contribution in [2.75, 3.05) is 20.1 Å². The molecule has 1 aliphatic rings. The topological polar surface area (TPSA) is 15.3 Å². The van der Waals surface area contributed by atoms with E-state index >= 15 is 0 Å². The number of hydrogen-bond donors (Lipinski definition) is 1. The average molecular weight is 274 g/mol. The number of piperidine rings is 1. The van der Waals surface area contributed by atoms with Crippen LogP contribution < -0.4 is 5.32 Å². The quantitative estimate of drug-likeness (QED) is 0.854. The molecular weight excluding hydrogens is 244 g/mol. The molecule has 2 rings (SSSR count). The van der Waals surface area contributed by atoms with E-state index < -0.39 is 0 Å². The fourth-order valence-corrected chi connectivity index (χ4v) is 3.58. The fourth-order valence-electron chi connectivity index (χ4n) is 3.58. The third kappa shape index (κ3) is 3.42. The number of rotatable bonds is 6. The third-order valence-electron chi connectivity index (χ3n) is 5.18. The second-order valence-corrected chi connectivity index (χ2v) is 6.29. The highest BCUT2D eigenvalue weighted by molar-refractivity contribution is 5.17. The van der Waals surface area contributed by atoms with Crippen molar-refractivity contribution in [3.8, 4) is 0 Å². The molecule has 1 N–H and O–H groups in total. The van der Waals surface area contributed by atoms with E-state index in [4.69, 9.17) is 0 Å². The minimum atomic E-state index is 0.255. The molecule has 1 fully saturated rings. The predicted molar refractivity (Wildman–Crippen MR) is 87.1 cm³/mol. The number of likely N-dealkylation sites (N-methyl/N-ethyl adjacent to an activating group) is 1. The van der Waals surface area contributed by atoms with E-state index in [0.717, 1.165) is 6.42 Å². The second kappa shape index (κ2) is 7.24. The van der Waals surface area contributed by atoms with Gasteiger partial charge in [-0.1, -0.05) is 43.7 Å². The Kier molecular flexibility index (Phi) is 5.62. The molecular formula is C18H30N2. The van der Waals surface area contributed by atoms with Crippen molar-refractivity contribution in [3.05, 3.63) is 35.9 Å². The van der Waals surface area contributed by atoms with E-state index in [2.05, 4.69) is 61.4 Å². The van der Waals surface area contributed by atoms with E-state index in [1.807, 2.05) is 0 Å². The molecule has 20 heavy (non-hydrogen) atoms. The fraction of sp³-hybridized carbons (Fsp3) is 0.667. The van der Waals surface area contributed by atoms with Gasteiger partial charge in [0.15, 0.2) is 0 Å². The Hall–Kier alpha value is -0.860. The molecule has 0 bridgehead atoms. The highest BCUT2D eigenvalue weighted by Crippen LogP contribution is 2.29. The van der Waals surface area contributed by atoms with Gasteiger partial charge in [0.1, 0.15) is 0 Å². The van der Waals surface area contributed by atoms with Crippen molar-refractivity contribution >= 4 is 0 Å². The van der Waals surface area contributed by atoms with Crippen molar-refractivity contribution in [3.63, 3.8) is 0 Å². The minimum absolute atomic E-state index is 0.255. The molecule has 0 radical (unpaired) electrons. The van der Waals surface area contributed by atoms with Gasteiger partial charge in [-0.15, -0.1) is 0 Å². The Bertz CT molecular complexity index is 384. The lowest BCUT2D eigenvalue weighted by Crippen LogP contribution is -2.60. The summed E-state index contributed by atoms with van der Waals surface area (Å²) in [5.74, 6) is 0. The van der Waals surface area contributed by atoms with Crippen LogP contribution in [0.25, 0.3) is 0 Å². The van der Waals surface area contributed by atoms with Crippen molar-refractivity contribution in [1.82, 2.24) is 10.2 Å². The lowest BCUT2D eigenvalue weighted by Gasteiger charge is -2.48. The minimum Gasteiger partial charge on any atom is -0.315 e. The monoisotopic (exact) mass is 274 g/mol. The molecule has 1 aromatic rings. The molecule has 0 amide bonds. The van der Waals surface area contributed by atoms with Gasteiger partial charge in [0.2, 0.25) is 0 Å². The highest BCUT2D eigenvalue weighted by atomic mass is 15.2. The van der Waals surface area contributed by atoms with Crippen LogP contribution >= 0.6 is 0 Å². The van der Waals surface area contributed by atoms with Crippen LogP contribution in [0, 0.1) is 0 Å². The first kappa shape index (κ1) is 15.5. The molecule has 0 aromatic heterocycles. The lowest BCUT2D eigenvalue weighted by molar-refractivity contribution is 0.0453. The van der Waals surface area contributed by atoms with Crippen LogP contribution in [0.15, 0.2) is 30.3 Å². The summed E-state index contributed by atoms with van der Waals surface area (Å²) in [5, 5.41) is 3.60. The van der Waals surface area contributed by atoms with Crippen molar-refractivity contribution in [1.29, 1.82) is 0 Å². The summed E-state index contributed by atoms with van der Waals surface area (Å²) in [6.07, 6.45) is 6.43. The van der Waals surface area contributed by atoms with E-state index in [-0.39, 0.29) is 5.54 Å². The molecule has 1 heterocycles. The summed E-state index contributed by atoms with van der Waals surface area (Å²) in [7, 11) is 2.12. The molecule has 1 aromatic carbocycles. The van der Waals surface area contributed by atoms with Crippen LogP contribution in [-0.2, 0) is 6.42 Å². The van der Waals surface area contributed by atoms with Gasteiger partial charge in [0, 0.05) is 11.6 Å². The van der Waals surface area contributed by atoms with Gasteiger partial charge in [-0.05, 0) is 58.3 Å². The second-order valence-electron chi connectivity index (χ2n) is 6.29. The van der Waals surface area contributed by atoms with Gasteiger partial charge in [-0.25, -0.2) is 0 Å². The lowest BCUT2D eigenvalue weighted by atomic mass is 9.82. The molecule has 0 saturated carbocycles. The van der Waals surface area contributed by atoms with E-state index in [1.165, 1.54) is 44.3 Å². The summed E-state index contributed by atoms with van der Waals surface area (Å²) in [6.45, 7) is 7.31. The Labute approximate surface area is 124 Å². The van der Waals surface area contributed by atoms with Gasteiger partial charge in [0.25, 0.3) is 0 Å². The van der Waals surface area contributed by atoms with Gasteiger partial charge >= 0.3 is 0 Å². The summed E-state index contributed by atoms with van der Waals surface area (Å²) in [4.78, 5) is 2.72. The molecule has 2 atom stereocenters. The Morgan fingerprint density at radius 1 is 1.15 bits per heavy atom. The molecule has 112 valence electrons. The Morgan fingerprint density at radius 3 is 2.35 bits per heavy atom. The van der Waals surface area contributed by atoms with Crippen LogP contribution in [0.4, 0.5) is 0 Å². The molecule has 1 aliphatic heterocycles. The van der Waals surface area contributed by atoms with E-state index in [1.54, 1.807) is 0 Å². The zero-order valence-electron chi connectivity index (χ0n) is 13.4. The SMILES string of the molecule is CCC(C)(C(Cc1ccccc1)NC)N1CCCCC1. The van der Waals surface area contributed by atoms with Crippen LogP contribution in [0.1, 0.15) is 45.1 Å².